The molecule has 3 aromatic heterocycles. The number of hydrogen-bond acceptors (Lipinski definition) is 8. The van der Waals surface area contributed by atoms with Gasteiger partial charge in [-0.2, -0.15) is 9.78 Å². The largest absolute Gasteiger partial charge is 0.462 e. The maximum absolute atomic E-state index is 12.8. The minimum absolute atomic E-state index is 0.299. The topological polar surface area (TPSA) is 111 Å². The standard InChI is InChI=1S/C25H21ClN6O3S/c1-4-35-24(33)21-14(3)20-22(27-12-28-23(20)36-21)30-16-7-8-19-15(9-16)11-29-32(19)25(34)31-17-6-5-13(2)18(26)10-17/h5-12H,4H2,1-3H3,(H,31,34)(H,27,28,30). The maximum atomic E-state index is 12.8. The number of fused-ring (bicyclic) bond motifs is 2. The van der Waals surface area contributed by atoms with Gasteiger partial charge in [-0.05, 0) is 62.2 Å². The molecule has 1 amide bonds. The van der Waals surface area contributed by atoms with Crippen molar-refractivity contribution in [3.05, 3.63) is 69.9 Å². The van der Waals surface area contributed by atoms with Crippen molar-refractivity contribution in [2.24, 2.45) is 0 Å². The highest BCUT2D eigenvalue weighted by molar-refractivity contribution is 7.20. The third-order valence-electron chi connectivity index (χ3n) is 5.63. The minimum Gasteiger partial charge on any atom is -0.462 e. The number of aryl methyl sites for hydroxylation is 2. The zero-order valence-electron chi connectivity index (χ0n) is 19.6. The number of anilines is 3. The summed E-state index contributed by atoms with van der Waals surface area (Å²) in [7, 11) is 0. The van der Waals surface area contributed by atoms with Crippen LogP contribution in [0.2, 0.25) is 5.02 Å². The van der Waals surface area contributed by atoms with Gasteiger partial charge in [-0.1, -0.05) is 17.7 Å². The summed E-state index contributed by atoms with van der Waals surface area (Å²) in [4.78, 5) is 35.1. The van der Waals surface area contributed by atoms with Gasteiger partial charge in [0.05, 0.1) is 23.7 Å². The predicted octanol–water partition coefficient (Wildman–Crippen LogP) is 6.31. The van der Waals surface area contributed by atoms with E-state index in [0.717, 1.165) is 27.6 Å². The van der Waals surface area contributed by atoms with Gasteiger partial charge in [-0.15, -0.1) is 11.3 Å². The molecular formula is C25H21ClN6O3S. The number of thiophene rings is 1. The van der Waals surface area contributed by atoms with Crippen LogP contribution in [0.3, 0.4) is 0 Å². The smallest absolute Gasteiger partial charge is 0.348 e. The number of halogens is 1. The number of nitrogens with one attached hydrogen (secondary N) is 2. The van der Waals surface area contributed by atoms with Crippen LogP contribution in [0.5, 0.6) is 0 Å². The van der Waals surface area contributed by atoms with Gasteiger partial charge < -0.3 is 15.4 Å². The molecule has 0 unspecified atom stereocenters. The maximum Gasteiger partial charge on any atom is 0.348 e. The van der Waals surface area contributed by atoms with Crippen molar-refractivity contribution in [1.29, 1.82) is 0 Å². The summed E-state index contributed by atoms with van der Waals surface area (Å²) in [6.45, 7) is 5.82. The lowest BCUT2D eigenvalue weighted by molar-refractivity contribution is 0.0531. The van der Waals surface area contributed by atoms with Crippen molar-refractivity contribution in [3.8, 4) is 0 Å². The van der Waals surface area contributed by atoms with E-state index in [4.69, 9.17) is 16.3 Å². The number of aromatic nitrogens is 4. The Morgan fingerprint density at radius 2 is 1.92 bits per heavy atom. The molecule has 36 heavy (non-hydrogen) atoms. The van der Waals surface area contributed by atoms with E-state index in [-0.39, 0.29) is 5.97 Å². The number of amides is 1. The number of rotatable bonds is 5. The second-order valence-corrected chi connectivity index (χ2v) is 9.43. The number of carbonyl (C=O) groups excluding carboxylic acids is 2. The Hall–Kier alpha value is -4.02. The molecule has 0 radical (unpaired) electrons. The Labute approximate surface area is 215 Å². The molecule has 0 spiro atoms. The first-order valence-corrected chi connectivity index (χ1v) is 12.3. The van der Waals surface area contributed by atoms with Crippen LogP contribution >= 0.6 is 22.9 Å². The Morgan fingerprint density at radius 1 is 1.11 bits per heavy atom. The fraction of sp³-hybridized carbons (Fsp3) is 0.160. The fourth-order valence-electron chi connectivity index (χ4n) is 3.81. The van der Waals surface area contributed by atoms with Gasteiger partial charge >= 0.3 is 12.0 Å². The summed E-state index contributed by atoms with van der Waals surface area (Å²) in [5.41, 5.74) is 3.66. The van der Waals surface area contributed by atoms with Crippen molar-refractivity contribution in [1.82, 2.24) is 19.7 Å². The molecule has 0 saturated heterocycles. The van der Waals surface area contributed by atoms with E-state index in [1.807, 2.05) is 32.0 Å². The SMILES string of the molecule is CCOC(=O)c1sc2ncnc(Nc3ccc4c(cnn4C(=O)Nc4ccc(C)c(Cl)c4)c3)c2c1C. The lowest BCUT2D eigenvalue weighted by atomic mass is 10.2. The van der Waals surface area contributed by atoms with E-state index in [2.05, 4.69) is 25.7 Å². The summed E-state index contributed by atoms with van der Waals surface area (Å²) < 4.78 is 6.47. The van der Waals surface area contributed by atoms with Gasteiger partial charge in [0, 0.05) is 21.8 Å². The Bertz CT molecular complexity index is 1640. The van der Waals surface area contributed by atoms with Crippen LogP contribution in [0.25, 0.3) is 21.1 Å². The number of hydrogen-bond donors (Lipinski definition) is 2. The number of ether oxygens (including phenoxy) is 1. The molecule has 2 aromatic carbocycles. The van der Waals surface area contributed by atoms with Gasteiger partial charge in [0.15, 0.2) is 0 Å². The summed E-state index contributed by atoms with van der Waals surface area (Å²) in [5, 5.41) is 12.5. The molecule has 3 heterocycles. The van der Waals surface area contributed by atoms with Crippen LogP contribution in [0.1, 0.15) is 27.7 Å². The quantitative estimate of drug-likeness (QED) is 0.261. The molecule has 0 atom stereocenters. The third-order valence-corrected chi connectivity index (χ3v) is 7.22. The molecule has 5 aromatic rings. The number of esters is 1. The molecule has 0 saturated carbocycles. The van der Waals surface area contributed by atoms with Gasteiger partial charge in [0.1, 0.15) is 21.9 Å². The normalized spacial score (nSPS) is 11.1. The molecule has 0 fully saturated rings. The predicted molar refractivity (Wildman–Crippen MR) is 142 cm³/mol. The summed E-state index contributed by atoms with van der Waals surface area (Å²) in [6.07, 6.45) is 3.07. The Balaban J connectivity index is 1.42. The number of carbonyl (C=O) groups is 2. The van der Waals surface area contributed by atoms with Gasteiger partial charge in [-0.3, -0.25) is 0 Å². The highest BCUT2D eigenvalue weighted by Gasteiger charge is 2.20. The Morgan fingerprint density at radius 3 is 2.69 bits per heavy atom. The summed E-state index contributed by atoms with van der Waals surface area (Å²) >= 11 is 7.44. The highest BCUT2D eigenvalue weighted by Crippen LogP contribution is 2.35. The van der Waals surface area contributed by atoms with Crippen LogP contribution in [0.4, 0.5) is 22.0 Å². The molecule has 5 rings (SSSR count). The average Bonchev–Trinajstić information content (AvgIpc) is 3.43. The molecule has 0 aliphatic carbocycles. The van der Waals surface area contributed by atoms with E-state index >= 15 is 0 Å². The molecular weight excluding hydrogens is 500 g/mol. The second kappa shape index (κ2) is 9.56. The zero-order valence-corrected chi connectivity index (χ0v) is 21.2. The molecule has 0 aliphatic rings. The number of nitrogens with zero attached hydrogens (tertiary/aromatic N) is 4. The summed E-state index contributed by atoms with van der Waals surface area (Å²) in [5.74, 6) is 0.203. The molecule has 2 N–H and O–H groups in total. The van der Waals surface area contributed by atoms with E-state index in [1.165, 1.54) is 22.3 Å². The third kappa shape index (κ3) is 4.36. The minimum atomic E-state index is -0.400. The van der Waals surface area contributed by atoms with Crippen LogP contribution in [0.15, 0.2) is 48.9 Å². The van der Waals surface area contributed by atoms with Crippen molar-refractivity contribution in [2.75, 3.05) is 17.2 Å². The zero-order chi connectivity index (χ0) is 25.4. The molecule has 0 aliphatic heterocycles. The lowest BCUT2D eigenvalue weighted by Gasteiger charge is -2.09. The molecule has 9 nitrogen and oxygen atoms in total. The van der Waals surface area contributed by atoms with Gasteiger partial charge in [0.25, 0.3) is 0 Å². The van der Waals surface area contributed by atoms with Crippen molar-refractivity contribution in [2.45, 2.75) is 20.8 Å². The first-order valence-electron chi connectivity index (χ1n) is 11.1. The van der Waals surface area contributed by atoms with Gasteiger partial charge in [0.2, 0.25) is 0 Å². The van der Waals surface area contributed by atoms with E-state index in [9.17, 15) is 9.59 Å². The molecule has 182 valence electrons. The highest BCUT2D eigenvalue weighted by atomic mass is 35.5. The Kier molecular flexibility index (Phi) is 6.29. The first kappa shape index (κ1) is 23.7. The van der Waals surface area contributed by atoms with Crippen molar-refractivity contribution >= 4 is 73.3 Å². The monoisotopic (exact) mass is 520 g/mol. The van der Waals surface area contributed by atoms with Crippen molar-refractivity contribution < 1.29 is 14.3 Å². The van der Waals surface area contributed by atoms with Crippen LogP contribution in [-0.4, -0.2) is 38.4 Å². The molecule has 0 bridgehead atoms. The van der Waals surface area contributed by atoms with Crippen LogP contribution in [-0.2, 0) is 4.74 Å². The van der Waals surface area contributed by atoms with E-state index in [0.29, 0.717) is 38.4 Å². The average molecular weight is 521 g/mol. The first-order chi connectivity index (χ1) is 17.4. The molecule has 11 heteroatoms. The summed E-state index contributed by atoms with van der Waals surface area (Å²) in [6, 6.07) is 10.4. The van der Waals surface area contributed by atoms with Crippen molar-refractivity contribution in [3.63, 3.8) is 0 Å². The van der Waals surface area contributed by atoms with Crippen LogP contribution < -0.4 is 10.6 Å². The van der Waals surface area contributed by atoms with E-state index in [1.54, 1.807) is 31.3 Å². The number of benzene rings is 2. The van der Waals surface area contributed by atoms with Crippen LogP contribution in [0, 0.1) is 13.8 Å². The van der Waals surface area contributed by atoms with E-state index < -0.39 is 6.03 Å². The van der Waals surface area contributed by atoms with Gasteiger partial charge in [-0.25, -0.2) is 19.6 Å². The lowest BCUT2D eigenvalue weighted by Crippen LogP contribution is -2.20. The fourth-order valence-corrected chi connectivity index (χ4v) is 5.04. The second-order valence-electron chi connectivity index (χ2n) is 8.03.